The fraction of sp³-hybridized carbons (Fsp3) is 0.405. The van der Waals surface area contributed by atoms with E-state index in [4.69, 9.17) is 32.0 Å². The van der Waals surface area contributed by atoms with Gasteiger partial charge in [0.2, 0.25) is 5.78 Å². The van der Waals surface area contributed by atoms with Crippen molar-refractivity contribution in [3.05, 3.63) is 88.9 Å². The number of carboxylic acids is 1. The zero-order valence-electron chi connectivity index (χ0n) is 28.0. The Morgan fingerprint density at radius 3 is 1.87 bits per heavy atom. The van der Waals surface area contributed by atoms with Gasteiger partial charge in [0, 0.05) is 35.3 Å². The monoisotopic (exact) mass is 751 g/mol. The summed E-state index contributed by atoms with van der Waals surface area (Å²) in [4.78, 5) is 49.9. The van der Waals surface area contributed by atoms with E-state index in [0.29, 0.717) is 41.7 Å². The van der Waals surface area contributed by atoms with Crippen molar-refractivity contribution < 1.29 is 51.0 Å². The normalized spacial score (nSPS) is 16.2. The summed E-state index contributed by atoms with van der Waals surface area (Å²) in [6.07, 6.45) is 1.69. The summed E-state index contributed by atoms with van der Waals surface area (Å²) in [6, 6.07) is 16.0. The average molecular weight is 752 g/mol. The maximum Gasteiger partial charge on any atom is 0.490 e. The summed E-state index contributed by atoms with van der Waals surface area (Å²) in [6.45, 7) is 0.928. The highest BCUT2D eigenvalue weighted by atomic mass is 35.5. The molecule has 3 aromatic rings. The zero-order chi connectivity index (χ0) is 38.1. The van der Waals surface area contributed by atoms with Crippen molar-refractivity contribution in [2.45, 2.75) is 69.1 Å². The van der Waals surface area contributed by atoms with Crippen LogP contribution in [-0.2, 0) is 20.3 Å². The van der Waals surface area contributed by atoms with Gasteiger partial charge in [0.25, 0.3) is 11.8 Å². The van der Waals surface area contributed by atoms with Gasteiger partial charge < -0.3 is 25.8 Å². The molecular weight excluding hydrogens is 713 g/mol. The summed E-state index contributed by atoms with van der Waals surface area (Å²) in [7, 11) is 0. The number of Topliss-reactive ketones (excluding diaryl/α,β-unsaturated/α-hetero) is 1. The van der Waals surface area contributed by atoms with E-state index >= 15 is 8.78 Å². The van der Waals surface area contributed by atoms with Crippen LogP contribution in [0.3, 0.4) is 0 Å². The van der Waals surface area contributed by atoms with Crippen LogP contribution in [0, 0.1) is 5.92 Å². The van der Waals surface area contributed by atoms with Crippen LogP contribution in [0.5, 0.6) is 5.75 Å². The van der Waals surface area contributed by atoms with Crippen LogP contribution >= 0.6 is 11.6 Å². The minimum Gasteiger partial charge on any atom is -0.493 e. The summed E-state index contributed by atoms with van der Waals surface area (Å²) < 4.78 is 70.0. The first kappa shape index (κ1) is 40.2. The van der Waals surface area contributed by atoms with E-state index in [2.05, 4.69) is 5.32 Å². The zero-order valence-corrected chi connectivity index (χ0v) is 28.8. The number of ether oxygens (including phenoxy) is 1. The molecule has 2 fully saturated rings. The molecule has 9 nitrogen and oxygen atoms in total. The van der Waals surface area contributed by atoms with Crippen molar-refractivity contribution >= 4 is 35.2 Å². The SMILES string of the molecule is NC1CCN(C(=O)C(NC(=O)C(=O)c2ccc(OCC3CCCCC3)cc2)C(F)(F)c2ccc(-c3ccc(Cl)cc3)cc2)CC1.O=C(O)C(F)(F)F. The van der Waals surface area contributed by atoms with Crippen LogP contribution in [0.15, 0.2) is 72.8 Å². The highest BCUT2D eigenvalue weighted by Crippen LogP contribution is 2.35. The van der Waals surface area contributed by atoms with Gasteiger partial charge in [-0.05, 0) is 79.1 Å². The number of piperidine rings is 1. The minimum absolute atomic E-state index is 0.00305. The third-order valence-corrected chi connectivity index (χ3v) is 9.21. The van der Waals surface area contributed by atoms with E-state index in [0.717, 1.165) is 18.4 Å². The number of rotatable bonds is 10. The smallest absolute Gasteiger partial charge is 0.490 e. The lowest BCUT2D eigenvalue weighted by Gasteiger charge is -2.35. The number of aliphatic carboxylic acids is 1. The second kappa shape index (κ2) is 17.8. The van der Waals surface area contributed by atoms with Gasteiger partial charge in [-0.3, -0.25) is 14.4 Å². The molecule has 5 rings (SSSR count). The van der Waals surface area contributed by atoms with Crippen LogP contribution in [0.1, 0.15) is 60.9 Å². The highest BCUT2D eigenvalue weighted by molar-refractivity contribution is 6.43. The number of amides is 2. The predicted molar refractivity (Wildman–Crippen MR) is 183 cm³/mol. The number of benzene rings is 3. The molecule has 15 heteroatoms. The minimum atomic E-state index is -5.08. The van der Waals surface area contributed by atoms with Gasteiger partial charge in [0.1, 0.15) is 5.75 Å². The van der Waals surface area contributed by atoms with Gasteiger partial charge in [-0.25, -0.2) is 4.79 Å². The molecule has 0 spiro atoms. The molecule has 1 atom stereocenters. The van der Waals surface area contributed by atoms with E-state index in [1.165, 1.54) is 60.6 Å². The summed E-state index contributed by atoms with van der Waals surface area (Å²) in [5.74, 6) is -8.83. The number of nitrogens with two attached hydrogens (primary N) is 1. The average Bonchev–Trinajstić information content (AvgIpc) is 3.13. The Bertz CT molecular complexity index is 1670. The maximum absolute atomic E-state index is 16.2. The number of likely N-dealkylation sites (tertiary alicyclic amines) is 1. The van der Waals surface area contributed by atoms with E-state index in [1.54, 1.807) is 36.4 Å². The molecule has 4 N–H and O–H groups in total. The number of carboxylic acid groups (broad SMARTS) is 1. The van der Waals surface area contributed by atoms with Crippen LogP contribution < -0.4 is 15.8 Å². The van der Waals surface area contributed by atoms with Crippen molar-refractivity contribution in [3.63, 3.8) is 0 Å². The summed E-state index contributed by atoms with van der Waals surface area (Å²) >= 11 is 5.96. The van der Waals surface area contributed by atoms with Crippen LogP contribution in [-0.4, -0.2) is 71.5 Å². The number of nitrogens with zero attached hydrogens (tertiary/aromatic N) is 1. The van der Waals surface area contributed by atoms with Gasteiger partial charge >= 0.3 is 18.1 Å². The second-order valence-corrected chi connectivity index (χ2v) is 13.2. The number of ketones is 1. The van der Waals surface area contributed by atoms with E-state index < -0.39 is 47.3 Å². The summed E-state index contributed by atoms with van der Waals surface area (Å²) in [5.41, 5.74) is 6.93. The molecule has 0 radical (unpaired) electrons. The first-order chi connectivity index (χ1) is 24.6. The van der Waals surface area contributed by atoms with Crippen LogP contribution in [0.25, 0.3) is 11.1 Å². The Hall–Kier alpha value is -4.56. The van der Waals surface area contributed by atoms with E-state index in [9.17, 15) is 27.6 Å². The number of halogens is 6. The van der Waals surface area contributed by atoms with Gasteiger partial charge in [0.15, 0.2) is 6.04 Å². The molecule has 280 valence electrons. The predicted octanol–water partition coefficient (Wildman–Crippen LogP) is 7.01. The standard InChI is InChI=1S/C35H38ClF2N3O4.C2HF3O2/c36-28-14-8-25(9-15-28)24-6-12-27(13-7-24)35(37,38)32(34(44)41-20-18-29(39)19-21-41)40-33(43)31(42)26-10-16-30(17-11-26)45-22-23-4-2-1-3-5-23;3-2(4,5)1(6)7/h6-17,23,29,32H,1-5,18-22,39H2,(H,40,43);(H,6,7). The number of hydrogen-bond donors (Lipinski definition) is 3. The molecule has 3 aromatic carbocycles. The quantitative estimate of drug-likeness (QED) is 0.115. The van der Waals surface area contributed by atoms with Gasteiger partial charge in [-0.15, -0.1) is 0 Å². The maximum atomic E-state index is 16.2. The molecule has 0 bridgehead atoms. The van der Waals surface area contributed by atoms with Crippen molar-refractivity contribution in [3.8, 4) is 16.9 Å². The fourth-order valence-corrected chi connectivity index (χ4v) is 6.03. The van der Waals surface area contributed by atoms with Crippen molar-refractivity contribution in [1.82, 2.24) is 10.2 Å². The Labute approximate surface area is 302 Å². The fourth-order valence-electron chi connectivity index (χ4n) is 5.90. The first-order valence-corrected chi connectivity index (χ1v) is 17.1. The second-order valence-electron chi connectivity index (χ2n) is 12.7. The van der Waals surface area contributed by atoms with Crippen molar-refractivity contribution in [2.24, 2.45) is 11.7 Å². The highest BCUT2D eigenvalue weighted by Gasteiger charge is 2.49. The molecule has 1 heterocycles. The topological polar surface area (TPSA) is 139 Å². The lowest BCUT2D eigenvalue weighted by molar-refractivity contribution is -0.192. The Balaban J connectivity index is 0.000000785. The lowest BCUT2D eigenvalue weighted by Crippen LogP contribution is -2.59. The van der Waals surface area contributed by atoms with E-state index in [1.807, 2.05) is 0 Å². The molecule has 2 aliphatic rings. The molecule has 1 saturated carbocycles. The molecular formula is C37H39ClF5N3O6. The Kier molecular flexibility index (Phi) is 13.7. The molecule has 1 aliphatic heterocycles. The largest absolute Gasteiger partial charge is 0.493 e. The Morgan fingerprint density at radius 2 is 1.35 bits per heavy atom. The van der Waals surface area contributed by atoms with Gasteiger partial charge in [0.05, 0.1) is 6.61 Å². The molecule has 2 amide bonds. The molecule has 1 aliphatic carbocycles. The lowest BCUT2D eigenvalue weighted by atomic mass is 9.90. The third kappa shape index (κ3) is 11.0. The number of nitrogens with one attached hydrogen (secondary N) is 1. The van der Waals surface area contributed by atoms with Gasteiger partial charge in [-0.1, -0.05) is 67.3 Å². The van der Waals surface area contributed by atoms with Crippen molar-refractivity contribution in [2.75, 3.05) is 19.7 Å². The van der Waals surface area contributed by atoms with Crippen LogP contribution in [0.4, 0.5) is 22.0 Å². The molecule has 1 unspecified atom stereocenters. The molecule has 52 heavy (non-hydrogen) atoms. The van der Waals surface area contributed by atoms with Gasteiger partial charge in [-0.2, -0.15) is 22.0 Å². The Morgan fingerprint density at radius 1 is 0.827 bits per heavy atom. The first-order valence-electron chi connectivity index (χ1n) is 16.7. The number of carbonyl (C=O) groups is 4. The van der Waals surface area contributed by atoms with Crippen molar-refractivity contribution in [1.29, 1.82) is 0 Å². The number of hydrogen-bond acceptors (Lipinski definition) is 6. The van der Waals surface area contributed by atoms with Crippen LogP contribution in [0.2, 0.25) is 5.02 Å². The molecule has 0 aromatic heterocycles. The number of alkyl halides is 5. The number of carbonyl (C=O) groups excluding carboxylic acids is 3. The molecule has 1 saturated heterocycles. The van der Waals surface area contributed by atoms with E-state index in [-0.39, 0.29) is 24.7 Å². The third-order valence-electron chi connectivity index (χ3n) is 8.96. The summed E-state index contributed by atoms with van der Waals surface area (Å²) in [5, 5.41) is 9.76.